The molecule has 156 valence electrons. The molecule has 4 rings (SSSR count). The number of aromatic carboxylic acids is 1. The van der Waals surface area contributed by atoms with Gasteiger partial charge in [0.25, 0.3) is 0 Å². The van der Waals surface area contributed by atoms with Crippen molar-refractivity contribution >= 4 is 22.7 Å². The van der Waals surface area contributed by atoms with Crippen LogP contribution in [-0.2, 0) is 0 Å². The van der Waals surface area contributed by atoms with Gasteiger partial charge in [-0.2, -0.15) is 0 Å². The number of carbonyl (C=O) groups excluding carboxylic acids is 1. The first-order chi connectivity index (χ1) is 14.6. The molecule has 31 heavy (non-hydrogen) atoms. The van der Waals surface area contributed by atoms with Gasteiger partial charge in [0, 0.05) is 39.6 Å². The highest BCUT2D eigenvalue weighted by Gasteiger charge is 2.26. The molecule has 1 aliphatic carbocycles. The quantitative estimate of drug-likeness (QED) is 0.351. The molecule has 1 heterocycles. The third kappa shape index (κ3) is 3.57. The van der Waals surface area contributed by atoms with E-state index in [1.165, 1.54) is 30.3 Å². The number of carboxylic acid groups (broad SMARTS) is 1. The van der Waals surface area contributed by atoms with Crippen LogP contribution in [0.3, 0.4) is 0 Å². The Hall–Kier alpha value is -3.93. The van der Waals surface area contributed by atoms with E-state index < -0.39 is 11.4 Å². The van der Waals surface area contributed by atoms with Gasteiger partial charge < -0.3 is 14.6 Å². The number of aromatic hydroxyl groups is 1. The number of phenolic OH excluding ortho intramolecular Hbond substituents is 1. The molecule has 0 aromatic heterocycles. The highest BCUT2D eigenvalue weighted by molar-refractivity contribution is 6.09. The van der Waals surface area contributed by atoms with Crippen molar-refractivity contribution in [3.8, 4) is 28.2 Å². The fraction of sp³-hybridized carbons (Fsp3) is 0.160. The molecule has 2 N–H and O–H groups in total. The molecular weight excluding hydrogens is 396 g/mol. The first kappa shape index (κ1) is 20.3. The minimum atomic E-state index is -1.18. The summed E-state index contributed by atoms with van der Waals surface area (Å²) < 4.78 is 5.82. The Morgan fingerprint density at radius 3 is 2.29 bits per heavy atom. The molecular formula is C25H20O6. The zero-order chi connectivity index (χ0) is 22.5. The van der Waals surface area contributed by atoms with E-state index in [2.05, 4.69) is 0 Å². The lowest BCUT2D eigenvalue weighted by Gasteiger charge is -2.19. The number of carboxylic acids is 1. The van der Waals surface area contributed by atoms with Crippen LogP contribution in [0.5, 0.6) is 5.75 Å². The van der Waals surface area contributed by atoms with Crippen LogP contribution in [-0.4, -0.2) is 22.0 Å². The van der Waals surface area contributed by atoms with Crippen molar-refractivity contribution in [3.63, 3.8) is 0 Å². The molecule has 0 atom stereocenters. The van der Waals surface area contributed by atoms with E-state index in [9.17, 15) is 24.6 Å². The number of hydrogen-bond acceptors (Lipinski definition) is 5. The molecule has 0 saturated carbocycles. The van der Waals surface area contributed by atoms with E-state index in [0.717, 1.165) is 0 Å². The summed E-state index contributed by atoms with van der Waals surface area (Å²) in [4.78, 5) is 36.8. The summed E-state index contributed by atoms with van der Waals surface area (Å²) in [6.45, 7) is 5.32. The number of carbonyl (C=O) groups is 2. The molecule has 0 bridgehead atoms. The van der Waals surface area contributed by atoms with Gasteiger partial charge in [-0.3, -0.25) is 9.59 Å². The minimum Gasteiger partial charge on any atom is -0.508 e. The van der Waals surface area contributed by atoms with Gasteiger partial charge in [0.05, 0.1) is 5.56 Å². The molecule has 6 heteroatoms. The maximum Gasteiger partial charge on any atom is 0.336 e. The zero-order valence-corrected chi connectivity index (χ0v) is 17.2. The standard InChI is InChI=1S/C25H20O6/c1-25(2,3)23(28)13-4-7-16(19(10-13)24(29)30)22-17-8-5-14(26)11-20(17)31-21-12-15(27)6-9-18(21)22/h4-12,26H,1-3H3,(H,29,30). The van der Waals surface area contributed by atoms with Crippen molar-refractivity contribution in [1.29, 1.82) is 0 Å². The monoisotopic (exact) mass is 416 g/mol. The third-order valence-corrected chi connectivity index (χ3v) is 5.14. The topological polar surface area (TPSA) is 105 Å². The molecule has 0 amide bonds. The lowest BCUT2D eigenvalue weighted by Crippen LogP contribution is -2.20. The number of hydrogen-bond donors (Lipinski definition) is 2. The summed E-state index contributed by atoms with van der Waals surface area (Å²) in [5.41, 5.74) is 1.13. The predicted molar refractivity (Wildman–Crippen MR) is 117 cm³/mol. The molecule has 6 nitrogen and oxygen atoms in total. The van der Waals surface area contributed by atoms with Crippen LogP contribution < -0.4 is 5.43 Å². The van der Waals surface area contributed by atoms with Crippen molar-refractivity contribution in [2.75, 3.05) is 0 Å². The summed E-state index contributed by atoms with van der Waals surface area (Å²) in [5.74, 6) is -1.10. The number of ketones is 1. The lowest BCUT2D eigenvalue weighted by molar-refractivity contribution is 0.0697. The van der Waals surface area contributed by atoms with Gasteiger partial charge >= 0.3 is 5.97 Å². The van der Waals surface area contributed by atoms with Gasteiger partial charge in [-0.25, -0.2) is 4.79 Å². The Labute approximate surface area is 177 Å². The van der Waals surface area contributed by atoms with Gasteiger partial charge in [-0.05, 0) is 35.9 Å². The molecule has 0 spiro atoms. The number of rotatable bonds is 3. The normalized spacial score (nSPS) is 11.7. The van der Waals surface area contributed by atoms with Crippen LogP contribution in [0.2, 0.25) is 0 Å². The largest absolute Gasteiger partial charge is 0.508 e. The van der Waals surface area contributed by atoms with Crippen molar-refractivity contribution in [2.45, 2.75) is 20.8 Å². The molecule has 1 aliphatic heterocycles. The van der Waals surface area contributed by atoms with Crippen LogP contribution in [0, 0.1) is 5.41 Å². The Kier molecular flexibility index (Phi) is 4.65. The average Bonchev–Trinajstić information content (AvgIpc) is 2.70. The van der Waals surface area contributed by atoms with Gasteiger partial charge in [0.1, 0.15) is 17.1 Å². The summed E-state index contributed by atoms with van der Waals surface area (Å²) in [6.07, 6.45) is 0. The number of Topliss-reactive ketones (excluding diaryl/α,β-unsaturated/α-hetero) is 1. The Morgan fingerprint density at radius 2 is 1.61 bits per heavy atom. The second-order valence-corrected chi connectivity index (χ2v) is 8.46. The van der Waals surface area contributed by atoms with Gasteiger partial charge in [0.2, 0.25) is 0 Å². The van der Waals surface area contributed by atoms with Crippen molar-refractivity contribution < 1.29 is 24.2 Å². The molecule has 0 unspecified atom stereocenters. The second kappa shape index (κ2) is 7.09. The van der Waals surface area contributed by atoms with E-state index in [-0.39, 0.29) is 28.3 Å². The number of benzene rings is 3. The zero-order valence-electron chi connectivity index (χ0n) is 17.2. The third-order valence-electron chi connectivity index (χ3n) is 5.14. The molecule has 2 aromatic rings. The predicted octanol–water partition coefficient (Wildman–Crippen LogP) is 5.20. The molecule has 0 fully saturated rings. The first-order valence-electron chi connectivity index (χ1n) is 9.68. The van der Waals surface area contributed by atoms with Gasteiger partial charge in [-0.1, -0.05) is 32.9 Å². The summed E-state index contributed by atoms with van der Waals surface area (Å²) in [6, 6.07) is 13.4. The Bertz CT molecular complexity index is 1390. The van der Waals surface area contributed by atoms with Crippen molar-refractivity contribution in [1.82, 2.24) is 0 Å². The smallest absolute Gasteiger partial charge is 0.336 e. The lowest BCUT2D eigenvalue weighted by atomic mass is 9.84. The van der Waals surface area contributed by atoms with E-state index in [0.29, 0.717) is 33.2 Å². The highest BCUT2D eigenvalue weighted by atomic mass is 16.4. The summed E-state index contributed by atoms with van der Waals surface area (Å²) in [5, 5.41) is 20.4. The fourth-order valence-corrected chi connectivity index (χ4v) is 3.66. The maximum absolute atomic E-state index is 12.7. The average molecular weight is 416 g/mol. The molecule has 0 radical (unpaired) electrons. The van der Waals surface area contributed by atoms with Crippen LogP contribution in [0.1, 0.15) is 41.5 Å². The van der Waals surface area contributed by atoms with Crippen molar-refractivity contribution in [3.05, 3.63) is 75.9 Å². The van der Waals surface area contributed by atoms with E-state index in [1.54, 1.807) is 45.0 Å². The van der Waals surface area contributed by atoms with E-state index in [4.69, 9.17) is 4.42 Å². The highest BCUT2D eigenvalue weighted by Crippen LogP contribution is 2.42. The van der Waals surface area contributed by atoms with Crippen LogP contribution in [0.15, 0.2) is 63.8 Å². The molecule has 0 saturated heterocycles. The number of phenols is 1. The van der Waals surface area contributed by atoms with Crippen LogP contribution >= 0.6 is 0 Å². The van der Waals surface area contributed by atoms with E-state index >= 15 is 0 Å². The summed E-state index contributed by atoms with van der Waals surface area (Å²) >= 11 is 0. The number of fused-ring (bicyclic) bond motifs is 2. The molecule has 2 aliphatic rings. The molecule has 2 aromatic carbocycles. The van der Waals surface area contributed by atoms with Gasteiger partial charge in [-0.15, -0.1) is 0 Å². The van der Waals surface area contributed by atoms with Gasteiger partial charge in [0.15, 0.2) is 11.2 Å². The minimum absolute atomic E-state index is 0.0237. The Balaban J connectivity index is 2.09. The maximum atomic E-state index is 12.7. The second-order valence-electron chi connectivity index (χ2n) is 8.46. The SMILES string of the molecule is CC(C)(C)C(=O)c1ccc(-c2c3ccc(=O)cc-3oc3cc(O)ccc23)c(C(=O)O)c1. The fourth-order valence-electron chi connectivity index (χ4n) is 3.66. The van der Waals surface area contributed by atoms with Crippen molar-refractivity contribution in [2.24, 2.45) is 5.41 Å². The van der Waals surface area contributed by atoms with Crippen LogP contribution in [0.25, 0.3) is 33.4 Å². The van der Waals surface area contributed by atoms with E-state index in [1.807, 2.05) is 0 Å². The first-order valence-corrected chi connectivity index (χ1v) is 9.68. The summed E-state index contributed by atoms with van der Waals surface area (Å²) in [7, 11) is 0. The Morgan fingerprint density at radius 1 is 0.903 bits per heavy atom. The van der Waals surface area contributed by atoms with Crippen LogP contribution in [0.4, 0.5) is 0 Å².